The molecule has 0 aliphatic heterocycles. The van der Waals surface area contributed by atoms with Crippen LogP contribution in [0.15, 0.2) is 35.7 Å². The lowest BCUT2D eigenvalue weighted by Crippen LogP contribution is -2.15. The summed E-state index contributed by atoms with van der Waals surface area (Å²) < 4.78 is 1.90. The van der Waals surface area contributed by atoms with Gasteiger partial charge in [0.1, 0.15) is 6.33 Å². The maximum atomic E-state index is 11.9. The van der Waals surface area contributed by atoms with Crippen LogP contribution in [0, 0.1) is 0 Å². The Morgan fingerprint density at radius 1 is 1.32 bits per heavy atom. The van der Waals surface area contributed by atoms with Gasteiger partial charge in [0.25, 0.3) is 0 Å². The van der Waals surface area contributed by atoms with E-state index in [1.807, 2.05) is 18.4 Å². The summed E-state index contributed by atoms with van der Waals surface area (Å²) in [5, 5.41) is 11.3. The minimum Gasteiger partial charge on any atom is -0.366 e. The molecule has 0 saturated heterocycles. The molecule has 0 aliphatic rings. The molecule has 0 fully saturated rings. The maximum Gasteiger partial charge on any atom is 0.248 e. The van der Waals surface area contributed by atoms with E-state index in [1.54, 1.807) is 30.6 Å². The zero-order valence-corrected chi connectivity index (χ0v) is 13.1. The molecule has 0 atom stereocenters. The van der Waals surface area contributed by atoms with Crippen LogP contribution in [0.1, 0.15) is 30.2 Å². The van der Waals surface area contributed by atoms with E-state index < -0.39 is 5.91 Å². The lowest BCUT2D eigenvalue weighted by atomic mass is 10.2. The summed E-state index contributed by atoms with van der Waals surface area (Å²) in [6.45, 7) is 4.04. The monoisotopic (exact) mass is 319 g/mol. The van der Waals surface area contributed by atoms with Crippen LogP contribution < -0.4 is 11.1 Å². The molecular formula is C14H17N5O2S. The number of rotatable bonds is 6. The standard InChI is InChI=1S/C14H17N5O2S/c1-9(2)19-8-16-18-14(19)22-7-12(20)17-11-5-3-10(4-6-11)13(15)21/h3-6,8-9H,7H2,1-2H3,(H2,15,21)(H,17,20). The fourth-order valence-corrected chi connectivity index (χ4v) is 2.58. The summed E-state index contributed by atoms with van der Waals surface area (Å²) in [5.41, 5.74) is 6.17. The molecule has 1 aromatic heterocycles. The van der Waals surface area contributed by atoms with Crippen molar-refractivity contribution in [2.24, 2.45) is 5.73 Å². The number of anilines is 1. The smallest absolute Gasteiger partial charge is 0.248 e. The van der Waals surface area contributed by atoms with Crippen LogP contribution in [0.25, 0.3) is 0 Å². The number of nitrogens with one attached hydrogen (secondary N) is 1. The van der Waals surface area contributed by atoms with Gasteiger partial charge in [0, 0.05) is 17.3 Å². The SMILES string of the molecule is CC(C)n1cnnc1SCC(=O)Nc1ccc(C(N)=O)cc1. The van der Waals surface area contributed by atoms with E-state index in [4.69, 9.17) is 5.73 Å². The van der Waals surface area contributed by atoms with Crippen molar-refractivity contribution < 1.29 is 9.59 Å². The highest BCUT2D eigenvalue weighted by atomic mass is 32.2. The Morgan fingerprint density at radius 3 is 2.59 bits per heavy atom. The third kappa shape index (κ3) is 4.08. The molecular weight excluding hydrogens is 302 g/mol. The summed E-state index contributed by atoms with van der Waals surface area (Å²) >= 11 is 1.32. The molecule has 2 rings (SSSR count). The molecule has 0 radical (unpaired) electrons. The number of benzene rings is 1. The Hall–Kier alpha value is -2.35. The second-order valence-corrected chi connectivity index (χ2v) is 5.84. The minimum absolute atomic E-state index is 0.157. The van der Waals surface area contributed by atoms with Gasteiger partial charge in [0.05, 0.1) is 5.75 Å². The fourth-order valence-electron chi connectivity index (χ4n) is 1.73. The van der Waals surface area contributed by atoms with E-state index in [2.05, 4.69) is 15.5 Å². The van der Waals surface area contributed by atoms with E-state index >= 15 is 0 Å². The molecule has 3 N–H and O–H groups in total. The summed E-state index contributed by atoms with van der Waals surface area (Å²) in [6.07, 6.45) is 1.65. The Balaban J connectivity index is 1.90. The van der Waals surface area contributed by atoms with Crippen LogP contribution in [0.2, 0.25) is 0 Å². The molecule has 0 aliphatic carbocycles. The van der Waals surface area contributed by atoms with Crippen molar-refractivity contribution in [3.63, 3.8) is 0 Å². The lowest BCUT2D eigenvalue weighted by molar-refractivity contribution is -0.113. The molecule has 7 nitrogen and oxygen atoms in total. The average molecular weight is 319 g/mol. The molecule has 2 amide bonds. The molecule has 0 unspecified atom stereocenters. The van der Waals surface area contributed by atoms with Crippen molar-refractivity contribution in [3.05, 3.63) is 36.2 Å². The highest BCUT2D eigenvalue weighted by Gasteiger charge is 2.11. The summed E-state index contributed by atoms with van der Waals surface area (Å²) in [5.74, 6) is -0.431. The summed E-state index contributed by atoms with van der Waals surface area (Å²) in [4.78, 5) is 22.9. The number of primary amides is 1. The van der Waals surface area contributed by atoms with Crippen molar-refractivity contribution >= 4 is 29.3 Å². The van der Waals surface area contributed by atoms with Gasteiger partial charge in [0.15, 0.2) is 5.16 Å². The van der Waals surface area contributed by atoms with E-state index in [9.17, 15) is 9.59 Å². The number of hydrogen-bond acceptors (Lipinski definition) is 5. The first-order chi connectivity index (χ1) is 10.5. The van der Waals surface area contributed by atoms with Crippen molar-refractivity contribution in [3.8, 4) is 0 Å². The molecule has 0 spiro atoms. The van der Waals surface area contributed by atoms with Gasteiger partial charge in [-0.2, -0.15) is 0 Å². The Morgan fingerprint density at radius 2 is 2.00 bits per heavy atom. The van der Waals surface area contributed by atoms with Crippen molar-refractivity contribution in [1.82, 2.24) is 14.8 Å². The molecule has 0 bridgehead atoms. The fraction of sp³-hybridized carbons (Fsp3) is 0.286. The second-order valence-electron chi connectivity index (χ2n) is 4.89. The second kappa shape index (κ2) is 7.08. The van der Waals surface area contributed by atoms with Gasteiger partial charge >= 0.3 is 0 Å². The first-order valence-electron chi connectivity index (χ1n) is 6.69. The molecule has 116 valence electrons. The summed E-state index contributed by atoms with van der Waals surface area (Å²) in [7, 11) is 0. The van der Waals surface area contributed by atoms with Crippen molar-refractivity contribution in [2.45, 2.75) is 25.0 Å². The zero-order chi connectivity index (χ0) is 16.1. The number of nitrogens with zero attached hydrogens (tertiary/aromatic N) is 3. The number of aromatic nitrogens is 3. The molecule has 1 aromatic carbocycles. The molecule has 8 heteroatoms. The average Bonchev–Trinajstić information content (AvgIpc) is 2.94. The number of nitrogens with two attached hydrogens (primary N) is 1. The number of carbonyl (C=O) groups excluding carboxylic acids is 2. The number of amides is 2. The number of thioether (sulfide) groups is 1. The molecule has 2 aromatic rings. The van der Waals surface area contributed by atoms with Gasteiger partial charge in [-0.05, 0) is 38.1 Å². The third-order valence-corrected chi connectivity index (χ3v) is 3.84. The van der Waals surface area contributed by atoms with Gasteiger partial charge in [-0.1, -0.05) is 11.8 Å². The molecule has 0 saturated carbocycles. The summed E-state index contributed by atoms with van der Waals surface area (Å²) in [6, 6.07) is 6.65. The van der Waals surface area contributed by atoms with E-state index in [0.29, 0.717) is 16.4 Å². The predicted octanol–water partition coefficient (Wildman–Crippen LogP) is 1.69. The number of hydrogen-bond donors (Lipinski definition) is 2. The topological polar surface area (TPSA) is 103 Å². The van der Waals surface area contributed by atoms with Crippen LogP contribution >= 0.6 is 11.8 Å². The van der Waals surface area contributed by atoms with Crippen molar-refractivity contribution in [2.75, 3.05) is 11.1 Å². The van der Waals surface area contributed by atoms with Gasteiger partial charge in [-0.15, -0.1) is 10.2 Å². The van der Waals surface area contributed by atoms with Crippen LogP contribution in [0.4, 0.5) is 5.69 Å². The van der Waals surface area contributed by atoms with E-state index in [0.717, 1.165) is 0 Å². The third-order valence-electron chi connectivity index (χ3n) is 2.88. The van der Waals surface area contributed by atoms with Gasteiger partial charge in [0.2, 0.25) is 11.8 Å². The normalized spacial score (nSPS) is 10.7. The highest BCUT2D eigenvalue weighted by molar-refractivity contribution is 7.99. The molecule has 1 heterocycles. The highest BCUT2D eigenvalue weighted by Crippen LogP contribution is 2.19. The van der Waals surface area contributed by atoms with Gasteiger partial charge in [-0.3, -0.25) is 9.59 Å². The van der Waals surface area contributed by atoms with E-state index in [1.165, 1.54) is 11.8 Å². The Bertz CT molecular complexity index is 666. The van der Waals surface area contributed by atoms with Crippen LogP contribution in [-0.4, -0.2) is 32.3 Å². The quantitative estimate of drug-likeness (QED) is 0.789. The van der Waals surface area contributed by atoms with Gasteiger partial charge in [-0.25, -0.2) is 0 Å². The van der Waals surface area contributed by atoms with Crippen molar-refractivity contribution in [1.29, 1.82) is 0 Å². The predicted molar refractivity (Wildman–Crippen MR) is 84.7 cm³/mol. The largest absolute Gasteiger partial charge is 0.366 e. The minimum atomic E-state index is -0.499. The van der Waals surface area contributed by atoms with Crippen LogP contribution in [0.3, 0.4) is 0 Å². The van der Waals surface area contributed by atoms with Gasteiger partial charge < -0.3 is 15.6 Å². The molecule has 22 heavy (non-hydrogen) atoms. The first-order valence-corrected chi connectivity index (χ1v) is 7.68. The lowest BCUT2D eigenvalue weighted by Gasteiger charge is -2.09. The Labute approximate surface area is 132 Å². The number of carbonyl (C=O) groups is 2. The van der Waals surface area contributed by atoms with Crippen LogP contribution in [-0.2, 0) is 4.79 Å². The maximum absolute atomic E-state index is 11.9. The zero-order valence-electron chi connectivity index (χ0n) is 12.3. The van der Waals surface area contributed by atoms with Crippen LogP contribution in [0.5, 0.6) is 0 Å². The first kappa shape index (κ1) is 16.0. The Kier molecular flexibility index (Phi) is 5.16. The van der Waals surface area contributed by atoms with E-state index in [-0.39, 0.29) is 17.7 Å².